The molecule has 2 rings (SSSR count). The normalized spacial score (nSPS) is 18.6. The molecule has 1 aromatic heterocycles. The molecule has 0 spiro atoms. The Morgan fingerprint density at radius 2 is 2.45 bits per heavy atom. The van der Waals surface area contributed by atoms with Gasteiger partial charge in [0.05, 0.1) is 0 Å². The van der Waals surface area contributed by atoms with Gasteiger partial charge in [-0.3, -0.25) is 9.59 Å². The summed E-state index contributed by atoms with van der Waals surface area (Å²) >= 11 is 0. The third-order valence-electron chi connectivity index (χ3n) is 3.48. The fraction of sp³-hybridized carbons (Fsp3) is 0.571. The maximum Gasteiger partial charge on any atom is 0.292 e. The third kappa shape index (κ3) is 3.84. The van der Waals surface area contributed by atoms with Crippen molar-refractivity contribution in [1.29, 1.82) is 0 Å². The van der Waals surface area contributed by atoms with Gasteiger partial charge in [-0.25, -0.2) is 0 Å². The van der Waals surface area contributed by atoms with Gasteiger partial charge in [0, 0.05) is 19.8 Å². The molecule has 1 aromatic rings. The Kier molecular flexibility index (Phi) is 5.17. The van der Waals surface area contributed by atoms with Gasteiger partial charge in [-0.15, -0.1) is 0 Å². The third-order valence-corrected chi connectivity index (χ3v) is 3.48. The number of hydrogen-bond donors (Lipinski definition) is 2. The molecule has 1 aliphatic heterocycles. The maximum absolute atomic E-state index is 12.2. The second kappa shape index (κ2) is 7.09. The molecule has 0 saturated carbocycles. The highest BCUT2D eigenvalue weighted by Crippen LogP contribution is 2.12. The van der Waals surface area contributed by atoms with E-state index in [1.165, 1.54) is 7.05 Å². The van der Waals surface area contributed by atoms with Crippen molar-refractivity contribution >= 4 is 5.91 Å². The van der Waals surface area contributed by atoms with Gasteiger partial charge in [-0.1, -0.05) is 0 Å². The number of nitrogens with one attached hydrogen (secondary N) is 2. The van der Waals surface area contributed by atoms with Crippen LogP contribution in [-0.4, -0.2) is 37.2 Å². The van der Waals surface area contributed by atoms with E-state index in [1.807, 2.05) is 0 Å². The van der Waals surface area contributed by atoms with Crippen molar-refractivity contribution in [3.8, 4) is 5.75 Å². The molecule has 1 amide bonds. The van der Waals surface area contributed by atoms with Crippen molar-refractivity contribution in [3.05, 3.63) is 28.7 Å². The standard InChI is InChI=1S/C14H21N3O3/c1-15-13(18)10-20-12-5-3-7-17(14(12)19)9-11-4-2-6-16-8-11/h3,5,7,11,16H,2,4,6,8-10H2,1H3,(H,15,18). The van der Waals surface area contributed by atoms with E-state index in [9.17, 15) is 9.59 Å². The van der Waals surface area contributed by atoms with Crippen LogP contribution in [-0.2, 0) is 11.3 Å². The first-order valence-corrected chi connectivity index (χ1v) is 6.94. The Labute approximate surface area is 118 Å². The zero-order valence-electron chi connectivity index (χ0n) is 11.7. The van der Waals surface area contributed by atoms with E-state index in [-0.39, 0.29) is 23.8 Å². The van der Waals surface area contributed by atoms with Crippen LogP contribution in [0, 0.1) is 5.92 Å². The van der Waals surface area contributed by atoms with Gasteiger partial charge in [0.1, 0.15) is 0 Å². The number of carbonyl (C=O) groups is 1. The summed E-state index contributed by atoms with van der Waals surface area (Å²) in [4.78, 5) is 23.4. The number of hydrogen-bond acceptors (Lipinski definition) is 4. The molecule has 6 heteroatoms. The molecular weight excluding hydrogens is 258 g/mol. The summed E-state index contributed by atoms with van der Waals surface area (Å²) in [5, 5.41) is 5.79. The lowest BCUT2D eigenvalue weighted by atomic mass is 10.00. The van der Waals surface area contributed by atoms with E-state index >= 15 is 0 Å². The predicted molar refractivity (Wildman–Crippen MR) is 75.9 cm³/mol. The zero-order chi connectivity index (χ0) is 14.4. The van der Waals surface area contributed by atoms with Crippen LogP contribution in [0.2, 0.25) is 0 Å². The first-order valence-electron chi connectivity index (χ1n) is 6.94. The highest BCUT2D eigenvalue weighted by molar-refractivity contribution is 5.77. The van der Waals surface area contributed by atoms with E-state index < -0.39 is 0 Å². The molecule has 1 fully saturated rings. The van der Waals surface area contributed by atoms with Crippen molar-refractivity contribution in [2.24, 2.45) is 5.92 Å². The molecule has 1 atom stereocenters. The molecule has 0 radical (unpaired) electrons. The Bertz CT molecular complexity index is 507. The Balaban J connectivity index is 2.02. The molecule has 20 heavy (non-hydrogen) atoms. The average molecular weight is 279 g/mol. The largest absolute Gasteiger partial charge is 0.478 e. The topological polar surface area (TPSA) is 72.4 Å². The highest BCUT2D eigenvalue weighted by atomic mass is 16.5. The van der Waals surface area contributed by atoms with Crippen molar-refractivity contribution in [2.75, 3.05) is 26.7 Å². The number of piperidine rings is 1. The molecule has 110 valence electrons. The monoisotopic (exact) mass is 279 g/mol. The van der Waals surface area contributed by atoms with E-state index in [2.05, 4.69) is 10.6 Å². The molecule has 1 unspecified atom stereocenters. The molecular formula is C14H21N3O3. The van der Waals surface area contributed by atoms with Gasteiger partial charge >= 0.3 is 0 Å². The van der Waals surface area contributed by atoms with Crippen molar-refractivity contribution in [3.63, 3.8) is 0 Å². The van der Waals surface area contributed by atoms with Gasteiger partial charge in [0.25, 0.3) is 11.5 Å². The molecule has 0 aromatic carbocycles. The summed E-state index contributed by atoms with van der Waals surface area (Å²) in [5.41, 5.74) is -0.179. The fourth-order valence-corrected chi connectivity index (χ4v) is 2.34. The number of likely N-dealkylation sites (N-methyl/N-ethyl adjacent to an activating group) is 1. The van der Waals surface area contributed by atoms with Gasteiger partial charge in [0.15, 0.2) is 12.4 Å². The smallest absolute Gasteiger partial charge is 0.292 e. The van der Waals surface area contributed by atoms with Crippen LogP contribution in [0.25, 0.3) is 0 Å². The summed E-state index contributed by atoms with van der Waals surface area (Å²) in [6.45, 7) is 2.54. The van der Waals surface area contributed by atoms with Crippen molar-refractivity contribution < 1.29 is 9.53 Å². The van der Waals surface area contributed by atoms with Crippen LogP contribution in [0.5, 0.6) is 5.75 Å². The highest BCUT2D eigenvalue weighted by Gasteiger charge is 2.15. The first kappa shape index (κ1) is 14.6. The molecule has 2 N–H and O–H groups in total. The van der Waals surface area contributed by atoms with Crippen LogP contribution in [0.4, 0.5) is 0 Å². The summed E-state index contributed by atoms with van der Waals surface area (Å²) in [6, 6.07) is 3.37. The number of ether oxygens (including phenoxy) is 1. The minimum Gasteiger partial charge on any atom is -0.478 e. The van der Waals surface area contributed by atoms with Gasteiger partial charge < -0.3 is 19.9 Å². The summed E-state index contributed by atoms with van der Waals surface area (Å²) in [5.74, 6) is 0.437. The lowest BCUT2D eigenvalue weighted by Gasteiger charge is -2.23. The molecule has 6 nitrogen and oxygen atoms in total. The van der Waals surface area contributed by atoms with Crippen molar-refractivity contribution in [2.45, 2.75) is 19.4 Å². The van der Waals surface area contributed by atoms with E-state index in [1.54, 1.807) is 22.9 Å². The van der Waals surface area contributed by atoms with Crippen LogP contribution in [0.15, 0.2) is 23.1 Å². The Morgan fingerprint density at radius 3 is 3.15 bits per heavy atom. The second-order valence-corrected chi connectivity index (χ2v) is 5.00. The van der Waals surface area contributed by atoms with Crippen LogP contribution in [0.3, 0.4) is 0 Å². The lowest BCUT2D eigenvalue weighted by Crippen LogP contribution is -2.35. The molecule has 0 bridgehead atoms. The minimum atomic E-state index is -0.253. The van der Waals surface area contributed by atoms with Gasteiger partial charge in [0.2, 0.25) is 0 Å². The fourth-order valence-electron chi connectivity index (χ4n) is 2.34. The second-order valence-electron chi connectivity index (χ2n) is 5.00. The van der Waals surface area contributed by atoms with E-state index in [4.69, 9.17) is 4.74 Å². The molecule has 1 saturated heterocycles. The van der Waals surface area contributed by atoms with Gasteiger partial charge in [-0.2, -0.15) is 0 Å². The number of rotatable bonds is 5. The quantitative estimate of drug-likeness (QED) is 0.794. The molecule has 2 heterocycles. The summed E-state index contributed by atoms with van der Waals surface area (Å²) in [7, 11) is 1.53. The summed E-state index contributed by atoms with van der Waals surface area (Å²) in [6.07, 6.45) is 4.04. The average Bonchev–Trinajstić information content (AvgIpc) is 2.49. The predicted octanol–water partition coefficient (Wildman–Crippen LogP) is -0.0273. The maximum atomic E-state index is 12.2. The number of amides is 1. The molecule has 0 aliphatic carbocycles. The van der Waals surface area contributed by atoms with Crippen molar-refractivity contribution in [1.82, 2.24) is 15.2 Å². The number of carbonyl (C=O) groups excluding carboxylic acids is 1. The SMILES string of the molecule is CNC(=O)COc1cccn(CC2CCCNC2)c1=O. The number of pyridine rings is 1. The van der Waals surface area contributed by atoms with E-state index in [0.29, 0.717) is 12.5 Å². The zero-order valence-corrected chi connectivity index (χ0v) is 11.7. The Hall–Kier alpha value is -1.82. The van der Waals surface area contributed by atoms with Crippen LogP contribution in [0.1, 0.15) is 12.8 Å². The lowest BCUT2D eigenvalue weighted by molar-refractivity contribution is -0.122. The first-order chi connectivity index (χ1) is 9.70. The Morgan fingerprint density at radius 1 is 1.60 bits per heavy atom. The van der Waals surface area contributed by atoms with Crippen LogP contribution >= 0.6 is 0 Å². The number of aromatic nitrogens is 1. The minimum absolute atomic E-state index is 0.138. The van der Waals surface area contributed by atoms with E-state index in [0.717, 1.165) is 25.9 Å². The number of nitrogens with zero attached hydrogens (tertiary/aromatic N) is 1. The summed E-state index contributed by atoms with van der Waals surface area (Å²) < 4.78 is 6.92. The van der Waals surface area contributed by atoms with Gasteiger partial charge in [-0.05, 0) is 44.0 Å². The molecule has 1 aliphatic rings. The van der Waals surface area contributed by atoms with Crippen LogP contribution < -0.4 is 20.9 Å².